The zero-order valence-electron chi connectivity index (χ0n) is 17.0. The molecule has 0 aliphatic heterocycles. The van der Waals surface area contributed by atoms with E-state index in [4.69, 9.17) is 0 Å². The Hall–Kier alpha value is -2.97. The first kappa shape index (κ1) is 21.3. The SMILES string of the molecule is CC(C)c1ccc(NC(=O)CSc2nc3ccsc3c(=O)n2-c2ccccc2F)cc1. The minimum absolute atomic E-state index is 0.0302. The average molecular weight is 454 g/mol. The van der Waals surface area contributed by atoms with Gasteiger partial charge in [-0.05, 0) is 47.2 Å². The predicted molar refractivity (Wildman–Crippen MR) is 125 cm³/mol. The number of thiophene rings is 1. The number of hydrogen-bond donors (Lipinski definition) is 1. The topological polar surface area (TPSA) is 64.0 Å². The van der Waals surface area contributed by atoms with Crippen molar-refractivity contribution in [2.24, 2.45) is 0 Å². The summed E-state index contributed by atoms with van der Waals surface area (Å²) in [5.41, 5.74) is 2.19. The molecule has 5 nitrogen and oxygen atoms in total. The Balaban J connectivity index is 1.59. The van der Waals surface area contributed by atoms with E-state index in [0.717, 1.165) is 11.8 Å². The summed E-state index contributed by atoms with van der Waals surface area (Å²) in [6, 6.07) is 15.5. The number of amides is 1. The van der Waals surface area contributed by atoms with Crippen LogP contribution in [-0.4, -0.2) is 21.2 Å². The number of hydrogen-bond acceptors (Lipinski definition) is 5. The fourth-order valence-electron chi connectivity index (χ4n) is 3.11. The van der Waals surface area contributed by atoms with Crippen LogP contribution in [-0.2, 0) is 4.79 Å². The van der Waals surface area contributed by atoms with E-state index in [1.807, 2.05) is 24.3 Å². The van der Waals surface area contributed by atoms with Gasteiger partial charge in [0.15, 0.2) is 5.16 Å². The lowest BCUT2D eigenvalue weighted by molar-refractivity contribution is -0.113. The fraction of sp³-hybridized carbons (Fsp3) is 0.174. The fourth-order valence-corrected chi connectivity index (χ4v) is 4.68. The molecule has 0 unspecified atom stereocenters. The second-order valence-corrected chi connectivity index (χ2v) is 9.09. The molecule has 0 aliphatic rings. The number of anilines is 1. The molecule has 2 heterocycles. The van der Waals surface area contributed by atoms with Crippen molar-refractivity contribution in [3.05, 3.63) is 81.7 Å². The van der Waals surface area contributed by atoms with Gasteiger partial charge < -0.3 is 5.32 Å². The van der Waals surface area contributed by atoms with Crippen LogP contribution in [0.4, 0.5) is 10.1 Å². The summed E-state index contributed by atoms with van der Waals surface area (Å²) in [7, 11) is 0. The van der Waals surface area contributed by atoms with Gasteiger partial charge in [-0.1, -0.05) is 49.9 Å². The van der Waals surface area contributed by atoms with Gasteiger partial charge in [0.25, 0.3) is 5.56 Å². The number of thioether (sulfide) groups is 1. The summed E-state index contributed by atoms with van der Waals surface area (Å²) in [6.45, 7) is 4.22. The Labute approximate surface area is 187 Å². The van der Waals surface area contributed by atoms with Gasteiger partial charge in [-0.2, -0.15) is 0 Å². The molecule has 0 radical (unpaired) electrons. The van der Waals surface area contributed by atoms with Crippen molar-refractivity contribution in [1.82, 2.24) is 9.55 Å². The molecule has 0 fully saturated rings. The van der Waals surface area contributed by atoms with Gasteiger partial charge in [0, 0.05) is 5.69 Å². The second-order valence-electron chi connectivity index (χ2n) is 7.23. The Morgan fingerprint density at radius 3 is 2.61 bits per heavy atom. The number of nitrogens with one attached hydrogen (secondary N) is 1. The molecule has 0 saturated heterocycles. The van der Waals surface area contributed by atoms with Crippen molar-refractivity contribution in [2.45, 2.75) is 24.9 Å². The number of carbonyl (C=O) groups excluding carboxylic acids is 1. The van der Waals surface area contributed by atoms with Crippen molar-refractivity contribution in [3.8, 4) is 5.69 Å². The first-order valence-corrected chi connectivity index (χ1v) is 11.6. The van der Waals surface area contributed by atoms with Gasteiger partial charge in [0.05, 0.1) is 17.0 Å². The molecule has 4 rings (SSSR count). The van der Waals surface area contributed by atoms with Crippen molar-refractivity contribution >= 4 is 44.9 Å². The highest BCUT2D eigenvalue weighted by Gasteiger charge is 2.18. The number of halogens is 1. The Kier molecular flexibility index (Phi) is 6.20. The molecule has 2 aromatic heterocycles. The van der Waals surface area contributed by atoms with Crippen LogP contribution in [0.5, 0.6) is 0 Å². The third kappa shape index (κ3) is 4.55. The highest BCUT2D eigenvalue weighted by molar-refractivity contribution is 7.99. The maximum Gasteiger partial charge on any atom is 0.276 e. The predicted octanol–water partition coefficient (Wildman–Crippen LogP) is 5.44. The number of fused-ring (bicyclic) bond motifs is 1. The summed E-state index contributed by atoms with van der Waals surface area (Å²) in [4.78, 5) is 30.1. The zero-order valence-corrected chi connectivity index (χ0v) is 18.6. The van der Waals surface area contributed by atoms with Gasteiger partial charge in [-0.15, -0.1) is 11.3 Å². The van der Waals surface area contributed by atoms with Gasteiger partial charge in [-0.25, -0.2) is 9.37 Å². The van der Waals surface area contributed by atoms with Crippen LogP contribution in [0.2, 0.25) is 0 Å². The van der Waals surface area contributed by atoms with Crippen LogP contribution < -0.4 is 10.9 Å². The quantitative estimate of drug-likeness (QED) is 0.312. The maximum absolute atomic E-state index is 14.5. The monoisotopic (exact) mass is 453 g/mol. The van der Waals surface area contributed by atoms with Crippen LogP contribution in [0.1, 0.15) is 25.3 Å². The average Bonchev–Trinajstić information content (AvgIpc) is 3.23. The third-order valence-corrected chi connectivity index (χ3v) is 6.57. The molecule has 158 valence electrons. The lowest BCUT2D eigenvalue weighted by atomic mass is 10.0. The molecule has 2 aromatic carbocycles. The molecular weight excluding hydrogens is 433 g/mol. The minimum atomic E-state index is -0.529. The number of para-hydroxylation sites is 1. The molecule has 4 aromatic rings. The van der Waals surface area contributed by atoms with E-state index in [9.17, 15) is 14.0 Å². The van der Waals surface area contributed by atoms with Crippen LogP contribution in [0.15, 0.2) is 69.9 Å². The number of carbonyl (C=O) groups is 1. The van der Waals surface area contributed by atoms with Gasteiger partial charge in [-0.3, -0.25) is 14.2 Å². The van der Waals surface area contributed by atoms with Crippen molar-refractivity contribution in [2.75, 3.05) is 11.1 Å². The molecule has 1 amide bonds. The second kappa shape index (κ2) is 9.03. The Morgan fingerprint density at radius 1 is 1.16 bits per heavy atom. The summed E-state index contributed by atoms with van der Waals surface area (Å²) in [6.07, 6.45) is 0. The number of nitrogens with zero attached hydrogens (tertiary/aromatic N) is 2. The van der Waals surface area contributed by atoms with Crippen LogP contribution in [0.25, 0.3) is 15.9 Å². The van der Waals surface area contributed by atoms with E-state index < -0.39 is 5.82 Å². The van der Waals surface area contributed by atoms with Crippen molar-refractivity contribution in [1.29, 1.82) is 0 Å². The Bertz CT molecular complexity index is 1300. The zero-order chi connectivity index (χ0) is 22.0. The van der Waals surface area contributed by atoms with E-state index in [2.05, 4.69) is 24.1 Å². The normalized spacial score (nSPS) is 11.2. The maximum atomic E-state index is 14.5. The van der Waals surface area contributed by atoms with Gasteiger partial charge >= 0.3 is 0 Å². The number of rotatable bonds is 6. The summed E-state index contributed by atoms with van der Waals surface area (Å²) in [5.74, 6) is -0.322. The molecular formula is C23H20FN3O2S2. The van der Waals surface area contributed by atoms with Gasteiger partial charge in [0.2, 0.25) is 5.91 Å². The van der Waals surface area contributed by atoms with Gasteiger partial charge in [0.1, 0.15) is 10.5 Å². The molecule has 31 heavy (non-hydrogen) atoms. The lowest BCUT2D eigenvalue weighted by Crippen LogP contribution is -2.23. The molecule has 1 N–H and O–H groups in total. The van der Waals surface area contributed by atoms with E-state index in [1.165, 1.54) is 33.6 Å². The highest BCUT2D eigenvalue weighted by atomic mass is 32.2. The minimum Gasteiger partial charge on any atom is -0.325 e. The molecule has 0 spiro atoms. The smallest absolute Gasteiger partial charge is 0.276 e. The molecule has 0 bridgehead atoms. The largest absolute Gasteiger partial charge is 0.325 e. The van der Waals surface area contributed by atoms with Crippen molar-refractivity contribution in [3.63, 3.8) is 0 Å². The number of benzene rings is 2. The summed E-state index contributed by atoms with van der Waals surface area (Å²) >= 11 is 2.36. The van der Waals surface area contributed by atoms with E-state index in [-0.39, 0.29) is 28.1 Å². The standard InChI is InChI=1S/C23H20FN3O2S2/c1-14(2)15-7-9-16(10-8-15)25-20(28)13-31-23-26-18-11-12-30-21(18)22(29)27(23)19-6-4-3-5-17(19)24/h3-12,14H,13H2,1-2H3,(H,25,28). The van der Waals surface area contributed by atoms with Crippen LogP contribution in [0.3, 0.4) is 0 Å². The third-order valence-electron chi connectivity index (χ3n) is 4.74. The molecule has 0 aliphatic carbocycles. The lowest BCUT2D eigenvalue weighted by Gasteiger charge is -2.13. The van der Waals surface area contributed by atoms with E-state index in [0.29, 0.717) is 21.8 Å². The molecule has 8 heteroatoms. The van der Waals surface area contributed by atoms with Crippen LogP contribution >= 0.6 is 23.1 Å². The first-order valence-electron chi connectivity index (χ1n) is 9.72. The summed E-state index contributed by atoms with van der Waals surface area (Å²) < 4.78 is 16.2. The Morgan fingerprint density at radius 2 is 1.90 bits per heavy atom. The van der Waals surface area contributed by atoms with E-state index >= 15 is 0 Å². The van der Waals surface area contributed by atoms with E-state index in [1.54, 1.807) is 23.6 Å². The molecule has 0 atom stereocenters. The number of aromatic nitrogens is 2. The molecule has 0 saturated carbocycles. The summed E-state index contributed by atoms with van der Waals surface area (Å²) in [5, 5.41) is 4.89. The van der Waals surface area contributed by atoms with Crippen LogP contribution in [0, 0.1) is 5.82 Å². The highest BCUT2D eigenvalue weighted by Crippen LogP contribution is 2.25. The first-order chi connectivity index (χ1) is 14.9. The van der Waals surface area contributed by atoms with Crippen molar-refractivity contribution < 1.29 is 9.18 Å².